The van der Waals surface area contributed by atoms with Gasteiger partial charge in [-0.3, -0.25) is 0 Å². The summed E-state index contributed by atoms with van der Waals surface area (Å²) in [7, 11) is 1.68. The van der Waals surface area contributed by atoms with Crippen LogP contribution in [-0.4, -0.2) is 21.9 Å². The topological polar surface area (TPSA) is 78.0 Å². The van der Waals surface area contributed by atoms with Gasteiger partial charge in [0.15, 0.2) is 0 Å². The lowest BCUT2D eigenvalue weighted by atomic mass is 9.92. The molecule has 6 heteroatoms. The van der Waals surface area contributed by atoms with Crippen LogP contribution in [0.2, 0.25) is 0 Å². The number of ether oxygens (including phenoxy) is 1. The van der Waals surface area contributed by atoms with E-state index >= 15 is 0 Å². The number of aryl methyl sites for hydroxylation is 1. The van der Waals surface area contributed by atoms with Crippen molar-refractivity contribution in [1.29, 1.82) is 0 Å². The van der Waals surface area contributed by atoms with E-state index in [0.717, 1.165) is 24.2 Å². The van der Waals surface area contributed by atoms with E-state index in [1.165, 1.54) is 11.1 Å². The molecule has 2 heterocycles. The Kier molecular flexibility index (Phi) is 4.24. The first kappa shape index (κ1) is 16.4. The average Bonchev–Trinajstić information content (AvgIpc) is 3.07. The molecule has 0 aliphatic carbocycles. The fourth-order valence-corrected chi connectivity index (χ4v) is 3.52. The summed E-state index contributed by atoms with van der Waals surface area (Å²) in [6.45, 7) is 2.16. The number of aromatic nitrogens is 3. The van der Waals surface area contributed by atoms with E-state index in [9.17, 15) is 0 Å². The van der Waals surface area contributed by atoms with Crippen LogP contribution in [0.4, 0.5) is 11.9 Å². The highest BCUT2D eigenvalue weighted by Crippen LogP contribution is 2.38. The number of nitrogens with zero attached hydrogens (tertiary/aromatic N) is 3. The van der Waals surface area contributed by atoms with Crippen molar-refractivity contribution in [2.24, 2.45) is 0 Å². The first-order chi connectivity index (χ1) is 12.7. The van der Waals surface area contributed by atoms with Gasteiger partial charge in [-0.05, 0) is 41.7 Å². The minimum absolute atomic E-state index is 0.0816. The fourth-order valence-electron chi connectivity index (χ4n) is 3.52. The number of nitrogens with two attached hydrogens (primary N) is 1. The second-order valence-electron chi connectivity index (χ2n) is 6.56. The summed E-state index contributed by atoms with van der Waals surface area (Å²) in [6, 6.07) is 17.0. The van der Waals surface area contributed by atoms with Gasteiger partial charge in [-0.1, -0.05) is 43.3 Å². The third-order valence-corrected chi connectivity index (χ3v) is 4.97. The summed E-state index contributed by atoms with van der Waals surface area (Å²) >= 11 is 0. The van der Waals surface area contributed by atoms with Crippen LogP contribution >= 0.6 is 0 Å². The molecule has 0 saturated heterocycles. The quantitative estimate of drug-likeness (QED) is 0.753. The minimum Gasteiger partial charge on any atom is -0.497 e. The molecule has 26 heavy (non-hydrogen) atoms. The Labute approximate surface area is 153 Å². The highest BCUT2D eigenvalue weighted by Gasteiger charge is 2.31. The summed E-state index contributed by atoms with van der Waals surface area (Å²) < 4.78 is 7.27. The third-order valence-electron chi connectivity index (χ3n) is 4.97. The zero-order valence-corrected chi connectivity index (χ0v) is 15.0. The minimum atomic E-state index is 0.0816. The first-order valence-electron chi connectivity index (χ1n) is 8.89. The van der Waals surface area contributed by atoms with Crippen molar-refractivity contribution >= 4 is 11.9 Å². The van der Waals surface area contributed by atoms with E-state index in [0.29, 0.717) is 5.95 Å². The average molecular weight is 349 g/mol. The number of methoxy groups -OCH3 is 1. The Morgan fingerprint density at radius 2 is 2.00 bits per heavy atom. The number of benzene rings is 2. The number of hydrogen-bond donors (Lipinski definition) is 2. The van der Waals surface area contributed by atoms with E-state index in [1.54, 1.807) is 7.11 Å². The second kappa shape index (κ2) is 6.71. The van der Waals surface area contributed by atoms with Crippen LogP contribution in [0, 0.1) is 0 Å². The highest BCUT2D eigenvalue weighted by atomic mass is 16.5. The zero-order valence-electron chi connectivity index (χ0n) is 15.0. The van der Waals surface area contributed by atoms with Gasteiger partial charge >= 0.3 is 0 Å². The number of hydrogen-bond acceptors (Lipinski definition) is 5. The van der Waals surface area contributed by atoms with E-state index in [1.807, 2.05) is 16.8 Å². The Morgan fingerprint density at radius 1 is 1.19 bits per heavy atom. The van der Waals surface area contributed by atoms with E-state index in [-0.39, 0.29) is 18.0 Å². The number of nitrogens with one attached hydrogen (secondary N) is 1. The molecule has 2 aromatic carbocycles. The number of anilines is 2. The normalized spacial score (nSPS) is 18.8. The van der Waals surface area contributed by atoms with Crippen LogP contribution in [-0.2, 0) is 6.42 Å². The molecular formula is C20H23N5O. The van der Waals surface area contributed by atoms with Gasteiger partial charge < -0.3 is 15.8 Å². The van der Waals surface area contributed by atoms with Gasteiger partial charge in [0.1, 0.15) is 5.75 Å². The highest BCUT2D eigenvalue weighted by molar-refractivity contribution is 5.43. The zero-order chi connectivity index (χ0) is 18.1. The lowest BCUT2D eigenvalue weighted by molar-refractivity contribution is 0.410. The van der Waals surface area contributed by atoms with Crippen molar-refractivity contribution < 1.29 is 4.74 Å². The molecule has 0 bridgehead atoms. The summed E-state index contributed by atoms with van der Waals surface area (Å²) in [5.74, 6) is 1.83. The van der Waals surface area contributed by atoms with Crippen LogP contribution in [0.5, 0.6) is 5.75 Å². The third kappa shape index (κ3) is 2.98. The molecule has 6 nitrogen and oxygen atoms in total. The number of rotatable bonds is 4. The van der Waals surface area contributed by atoms with Crippen molar-refractivity contribution in [3.8, 4) is 5.75 Å². The monoisotopic (exact) mass is 349 g/mol. The SMILES string of the molecule is CCc1ccc([C@H]2C[C@H](c3cccc(OC)c3)Nc3nc(N)nn32)cc1. The van der Waals surface area contributed by atoms with Crippen LogP contribution in [0.25, 0.3) is 0 Å². The van der Waals surface area contributed by atoms with Crippen molar-refractivity contribution in [3.05, 3.63) is 65.2 Å². The van der Waals surface area contributed by atoms with Gasteiger partial charge in [-0.15, -0.1) is 5.10 Å². The molecule has 0 amide bonds. The number of nitrogen functional groups attached to an aromatic ring is 1. The largest absolute Gasteiger partial charge is 0.497 e. The maximum absolute atomic E-state index is 5.87. The van der Waals surface area contributed by atoms with Crippen molar-refractivity contribution in [2.45, 2.75) is 31.8 Å². The van der Waals surface area contributed by atoms with Gasteiger partial charge in [0.25, 0.3) is 0 Å². The number of fused-ring (bicyclic) bond motifs is 1. The van der Waals surface area contributed by atoms with Crippen LogP contribution in [0.1, 0.15) is 42.1 Å². The summed E-state index contributed by atoms with van der Waals surface area (Å²) in [5.41, 5.74) is 9.57. The molecule has 1 aliphatic rings. The Bertz CT molecular complexity index is 903. The van der Waals surface area contributed by atoms with Crippen LogP contribution in [0.15, 0.2) is 48.5 Å². The van der Waals surface area contributed by atoms with E-state index < -0.39 is 0 Å². The molecule has 0 fully saturated rings. The van der Waals surface area contributed by atoms with Gasteiger partial charge in [0.2, 0.25) is 11.9 Å². The van der Waals surface area contributed by atoms with Crippen LogP contribution in [0.3, 0.4) is 0 Å². The van der Waals surface area contributed by atoms with Crippen LogP contribution < -0.4 is 15.8 Å². The van der Waals surface area contributed by atoms with Gasteiger partial charge in [-0.2, -0.15) is 4.98 Å². The molecule has 134 valence electrons. The van der Waals surface area contributed by atoms with Gasteiger partial charge in [-0.25, -0.2) is 4.68 Å². The second-order valence-corrected chi connectivity index (χ2v) is 6.56. The van der Waals surface area contributed by atoms with Crippen molar-refractivity contribution in [2.75, 3.05) is 18.2 Å². The Balaban J connectivity index is 1.72. The van der Waals surface area contributed by atoms with Crippen molar-refractivity contribution in [1.82, 2.24) is 14.8 Å². The maximum atomic E-state index is 5.87. The summed E-state index contributed by atoms with van der Waals surface area (Å²) in [6.07, 6.45) is 1.88. The molecule has 3 N–H and O–H groups in total. The standard InChI is InChI=1S/C20H23N5O/c1-3-13-7-9-14(10-8-13)18-12-17(15-5-4-6-16(11-15)26-2)22-20-23-19(21)24-25(18)20/h4-11,17-18H,3,12H2,1-2H3,(H3,21,22,23,24)/t17-,18-/m1/s1. The predicted molar refractivity (Wildman–Crippen MR) is 102 cm³/mol. The smallest absolute Gasteiger partial charge is 0.241 e. The molecule has 0 spiro atoms. The molecular weight excluding hydrogens is 326 g/mol. The lowest BCUT2D eigenvalue weighted by Gasteiger charge is -2.32. The van der Waals surface area contributed by atoms with E-state index in [4.69, 9.17) is 10.5 Å². The Hall–Kier alpha value is -3.02. The molecule has 0 unspecified atom stereocenters. The fraction of sp³-hybridized carbons (Fsp3) is 0.300. The van der Waals surface area contributed by atoms with Gasteiger partial charge in [0.05, 0.1) is 19.2 Å². The van der Waals surface area contributed by atoms with E-state index in [2.05, 4.69) is 58.7 Å². The summed E-state index contributed by atoms with van der Waals surface area (Å²) in [4.78, 5) is 4.37. The van der Waals surface area contributed by atoms with Crippen molar-refractivity contribution in [3.63, 3.8) is 0 Å². The lowest BCUT2D eigenvalue weighted by Crippen LogP contribution is -2.28. The first-order valence-corrected chi connectivity index (χ1v) is 8.89. The molecule has 0 saturated carbocycles. The Morgan fingerprint density at radius 3 is 2.73 bits per heavy atom. The van der Waals surface area contributed by atoms with Gasteiger partial charge in [0, 0.05) is 0 Å². The molecule has 3 aromatic rings. The molecule has 1 aromatic heterocycles. The molecule has 2 atom stereocenters. The molecule has 1 aliphatic heterocycles. The molecule has 0 radical (unpaired) electrons. The maximum Gasteiger partial charge on any atom is 0.241 e. The predicted octanol–water partition coefficient (Wildman–Crippen LogP) is 3.58. The molecule has 4 rings (SSSR count). The summed E-state index contributed by atoms with van der Waals surface area (Å²) in [5, 5.41) is 7.87.